The molecule has 2 fully saturated rings. The molecule has 2 aliphatic heterocycles. The molecule has 2 aromatic carbocycles. The molecule has 1 amide bonds. The van der Waals surface area contributed by atoms with E-state index in [9.17, 15) is 4.79 Å². The van der Waals surface area contributed by atoms with Crippen LogP contribution in [0.3, 0.4) is 0 Å². The lowest BCUT2D eigenvalue weighted by molar-refractivity contribution is -0.141. The summed E-state index contributed by atoms with van der Waals surface area (Å²) in [6, 6.07) is 13.6. The Kier molecular flexibility index (Phi) is 6.95. The number of rotatable bonds is 4. The van der Waals surface area contributed by atoms with E-state index in [0.717, 1.165) is 43.1 Å². The van der Waals surface area contributed by atoms with Crippen molar-refractivity contribution in [3.8, 4) is 5.75 Å². The molecule has 0 saturated carbocycles. The molecule has 0 atom stereocenters. The van der Waals surface area contributed by atoms with Crippen molar-refractivity contribution >= 4 is 34.8 Å². The van der Waals surface area contributed by atoms with Crippen molar-refractivity contribution in [2.45, 2.75) is 24.7 Å². The standard InChI is InChI=1S/C24H28Cl2N2O3/c1-30-20-6-4-19(5-7-20)27-11-2-12-28(14-13-27)23(29)24(9-15-31-16-10-24)21-8-3-18(25)17-22(21)26/h3-8,17H,2,9-16H2,1H3. The highest BCUT2D eigenvalue weighted by molar-refractivity contribution is 6.35. The van der Waals surface area contributed by atoms with Crippen LogP contribution >= 0.6 is 23.2 Å². The molecule has 0 aromatic heterocycles. The van der Waals surface area contributed by atoms with Gasteiger partial charge in [0.25, 0.3) is 0 Å². The van der Waals surface area contributed by atoms with Crippen LogP contribution in [-0.2, 0) is 14.9 Å². The van der Waals surface area contributed by atoms with E-state index in [0.29, 0.717) is 42.6 Å². The van der Waals surface area contributed by atoms with Crippen molar-refractivity contribution in [2.24, 2.45) is 0 Å². The van der Waals surface area contributed by atoms with Gasteiger partial charge >= 0.3 is 0 Å². The molecule has 4 rings (SSSR count). The first-order valence-corrected chi connectivity index (χ1v) is 11.5. The fourth-order valence-corrected chi connectivity index (χ4v) is 5.26. The van der Waals surface area contributed by atoms with Gasteiger partial charge in [-0.15, -0.1) is 0 Å². The summed E-state index contributed by atoms with van der Waals surface area (Å²) in [5, 5.41) is 1.13. The quantitative estimate of drug-likeness (QED) is 0.654. The van der Waals surface area contributed by atoms with Crippen LogP contribution < -0.4 is 9.64 Å². The number of ether oxygens (including phenoxy) is 2. The topological polar surface area (TPSA) is 42.0 Å². The molecule has 166 valence electrons. The lowest BCUT2D eigenvalue weighted by Crippen LogP contribution is -2.51. The number of methoxy groups -OCH3 is 1. The number of anilines is 1. The molecule has 0 aliphatic carbocycles. The molecule has 31 heavy (non-hydrogen) atoms. The van der Waals surface area contributed by atoms with Crippen LogP contribution in [0.1, 0.15) is 24.8 Å². The van der Waals surface area contributed by atoms with Gasteiger partial charge in [0.2, 0.25) is 5.91 Å². The predicted octanol–water partition coefficient (Wildman–Crippen LogP) is 4.79. The lowest BCUT2D eigenvalue weighted by Gasteiger charge is -2.40. The molecule has 0 spiro atoms. The van der Waals surface area contributed by atoms with Gasteiger partial charge in [-0.25, -0.2) is 0 Å². The van der Waals surface area contributed by atoms with Crippen molar-refractivity contribution in [1.29, 1.82) is 0 Å². The van der Waals surface area contributed by atoms with Crippen LogP contribution in [0.25, 0.3) is 0 Å². The van der Waals surface area contributed by atoms with E-state index in [1.54, 1.807) is 13.2 Å². The van der Waals surface area contributed by atoms with E-state index in [1.165, 1.54) is 0 Å². The highest BCUT2D eigenvalue weighted by Crippen LogP contribution is 2.41. The first-order chi connectivity index (χ1) is 15.0. The van der Waals surface area contributed by atoms with Gasteiger partial charge in [0.05, 0.1) is 12.5 Å². The molecule has 0 unspecified atom stereocenters. The molecular formula is C24H28Cl2N2O3. The molecule has 0 radical (unpaired) electrons. The van der Waals surface area contributed by atoms with Crippen LogP contribution in [-0.4, -0.2) is 57.3 Å². The average molecular weight is 463 g/mol. The number of amides is 1. The Morgan fingerprint density at radius 3 is 2.42 bits per heavy atom. The molecular weight excluding hydrogens is 435 g/mol. The minimum atomic E-state index is -0.658. The fourth-order valence-electron chi connectivity index (χ4n) is 4.67. The number of carbonyl (C=O) groups is 1. The van der Waals surface area contributed by atoms with Crippen LogP contribution in [0, 0.1) is 0 Å². The normalized spacial score (nSPS) is 19.1. The molecule has 2 aromatic rings. The minimum Gasteiger partial charge on any atom is -0.497 e. The SMILES string of the molecule is COc1ccc(N2CCCN(C(=O)C3(c4ccc(Cl)cc4Cl)CCOCC3)CC2)cc1. The van der Waals surface area contributed by atoms with E-state index >= 15 is 0 Å². The van der Waals surface area contributed by atoms with Crippen molar-refractivity contribution in [3.63, 3.8) is 0 Å². The number of hydrogen-bond acceptors (Lipinski definition) is 4. The van der Waals surface area contributed by atoms with Gasteiger partial charge in [0.15, 0.2) is 0 Å². The molecule has 0 bridgehead atoms. The fraction of sp³-hybridized carbons (Fsp3) is 0.458. The summed E-state index contributed by atoms with van der Waals surface area (Å²) in [5.41, 5.74) is 1.36. The summed E-state index contributed by atoms with van der Waals surface area (Å²) in [6.07, 6.45) is 2.18. The monoisotopic (exact) mass is 462 g/mol. The second-order valence-electron chi connectivity index (χ2n) is 8.15. The molecule has 7 heteroatoms. The summed E-state index contributed by atoms with van der Waals surface area (Å²) >= 11 is 12.7. The van der Waals surface area contributed by atoms with Gasteiger partial charge in [-0.3, -0.25) is 4.79 Å². The first kappa shape index (κ1) is 22.3. The maximum absolute atomic E-state index is 13.9. The average Bonchev–Trinajstić information content (AvgIpc) is 3.05. The van der Waals surface area contributed by atoms with Crippen LogP contribution in [0.2, 0.25) is 10.0 Å². The Labute approximate surface area is 193 Å². The van der Waals surface area contributed by atoms with Crippen LogP contribution in [0.15, 0.2) is 42.5 Å². The minimum absolute atomic E-state index is 0.150. The molecule has 2 aliphatic rings. The van der Waals surface area contributed by atoms with Crippen LogP contribution in [0.5, 0.6) is 5.75 Å². The van der Waals surface area contributed by atoms with Gasteiger partial charge < -0.3 is 19.3 Å². The number of hydrogen-bond donors (Lipinski definition) is 0. The molecule has 0 N–H and O–H groups in total. The number of benzene rings is 2. The zero-order valence-corrected chi connectivity index (χ0v) is 19.3. The van der Waals surface area contributed by atoms with Gasteiger partial charge in [-0.2, -0.15) is 0 Å². The molecule has 2 heterocycles. The van der Waals surface area contributed by atoms with E-state index in [1.807, 2.05) is 29.2 Å². The smallest absolute Gasteiger partial charge is 0.233 e. The van der Waals surface area contributed by atoms with Crippen molar-refractivity contribution in [3.05, 3.63) is 58.1 Å². The number of halogens is 2. The Hall–Kier alpha value is -1.95. The summed E-state index contributed by atoms with van der Waals surface area (Å²) in [4.78, 5) is 18.3. The lowest BCUT2D eigenvalue weighted by atomic mass is 9.73. The Balaban J connectivity index is 1.55. The van der Waals surface area contributed by atoms with E-state index in [-0.39, 0.29) is 5.91 Å². The zero-order valence-electron chi connectivity index (χ0n) is 17.8. The molecule has 5 nitrogen and oxygen atoms in total. The first-order valence-electron chi connectivity index (χ1n) is 10.8. The van der Waals surface area contributed by atoms with Crippen molar-refractivity contribution in [2.75, 3.05) is 51.4 Å². The highest BCUT2D eigenvalue weighted by atomic mass is 35.5. The third kappa shape index (κ3) is 4.64. The number of nitrogens with zero attached hydrogens (tertiary/aromatic N) is 2. The Bertz CT molecular complexity index is 914. The summed E-state index contributed by atoms with van der Waals surface area (Å²) in [6.45, 7) is 4.22. The van der Waals surface area contributed by atoms with Gasteiger partial charge in [0, 0.05) is 55.1 Å². The summed E-state index contributed by atoms with van der Waals surface area (Å²) in [7, 11) is 1.67. The number of carbonyl (C=O) groups excluding carboxylic acids is 1. The Morgan fingerprint density at radius 1 is 1.00 bits per heavy atom. The van der Waals surface area contributed by atoms with Gasteiger partial charge in [0.1, 0.15) is 5.75 Å². The second kappa shape index (κ2) is 9.68. The summed E-state index contributed by atoms with van der Waals surface area (Å²) < 4.78 is 10.9. The predicted molar refractivity (Wildman–Crippen MR) is 125 cm³/mol. The zero-order chi connectivity index (χ0) is 21.8. The van der Waals surface area contributed by atoms with E-state index < -0.39 is 5.41 Å². The maximum Gasteiger partial charge on any atom is 0.233 e. The van der Waals surface area contributed by atoms with Gasteiger partial charge in [-0.1, -0.05) is 29.3 Å². The van der Waals surface area contributed by atoms with Gasteiger partial charge in [-0.05, 0) is 61.2 Å². The highest BCUT2D eigenvalue weighted by Gasteiger charge is 2.45. The van der Waals surface area contributed by atoms with Crippen molar-refractivity contribution < 1.29 is 14.3 Å². The summed E-state index contributed by atoms with van der Waals surface area (Å²) in [5.74, 6) is 0.994. The van der Waals surface area contributed by atoms with Crippen molar-refractivity contribution in [1.82, 2.24) is 4.90 Å². The van der Waals surface area contributed by atoms with Crippen LogP contribution in [0.4, 0.5) is 5.69 Å². The third-order valence-corrected chi connectivity index (χ3v) is 6.97. The van der Waals surface area contributed by atoms with E-state index in [4.69, 9.17) is 32.7 Å². The van der Waals surface area contributed by atoms with E-state index in [2.05, 4.69) is 17.0 Å². The Morgan fingerprint density at radius 2 is 1.74 bits per heavy atom. The second-order valence-corrected chi connectivity index (χ2v) is 8.99. The largest absolute Gasteiger partial charge is 0.497 e. The maximum atomic E-state index is 13.9. The molecule has 2 saturated heterocycles. The third-order valence-electron chi connectivity index (χ3n) is 6.42.